The van der Waals surface area contributed by atoms with Crippen molar-refractivity contribution < 1.29 is 0 Å². The minimum Gasteiger partial charge on any atom is -0.310 e. The van der Waals surface area contributed by atoms with Crippen molar-refractivity contribution in [3.05, 3.63) is 35.9 Å². The molecule has 0 aliphatic heterocycles. The first-order valence-electron chi connectivity index (χ1n) is 8.58. The first-order chi connectivity index (χ1) is 10.1. The summed E-state index contributed by atoms with van der Waals surface area (Å²) in [7, 11) is 2.28. The number of rotatable bonds is 9. The Bertz CT molecular complexity index is 403. The zero-order chi connectivity index (χ0) is 15.2. The molecule has 0 bridgehead atoms. The zero-order valence-corrected chi connectivity index (χ0v) is 14.2. The third kappa shape index (κ3) is 5.12. The lowest BCUT2D eigenvalue weighted by Gasteiger charge is -2.29. The van der Waals surface area contributed by atoms with E-state index in [1.54, 1.807) is 0 Å². The molecule has 1 aliphatic carbocycles. The van der Waals surface area contributed by atoms with Gasteiger partial charge in [0.05, 0.1) is 0 Å². The maximum atomic E-state index is 3.74. The van der Waals surface area contributed by atoms with Crippen LogP contribution in [0, 0.1) is 17.8 Å². The molecule has 0 saturated heterocycles. The summed E-state index contributed by atoms with van der Waals surface area (Å²) in [6.45, 7) is 10.5. The van der Waals surface area contributed by atoms with Crippen LogP contribution >= 0.6 is 0 Å². The van der Waals surface area contributed by atoms with Crippen LogP contribution in [0.25, 0.3) is 0 Å². The van der Waals surface area contributed by atoms with Gasteiger partial charge in [0.25, 0.3) is 0 Å². The topological polar surface area (TPSA) is 15.3 Å². The van der Waals surface area contributed by atoms with Gasteiger partial charge in [0, 0.05) is 19.1 Å². The Morgan fingerprint density at radius 3 is 2.52 bits per heavy atom. The Kier molecular flexibility index (Phi) is 6.25. The summed E-state index contributed by atoms with van der Waals surface area (Å²) < 4.78 is 0. The van der Waals surface area contributed by atoms with Gasteiger partial charge in [-0.2, -0.15) is 0 Å². The highest BCUT2D eigenvalue weighted by molar-refractivity contribution is 5.19. The van der Waals surface area contributed by atoms with E-state index in [0.29, 0.717) is 12.0 Å². The molecule has 21 heavy (non-hydrogen) atoms. The fraction of sp³-hybridized carbons (Fsp3) is 0.684. The van der Waals surface area contributed by atoms with Gasteiger partial charge in [-0.3, -0.25) is 0 Å². The third-order valence-electron chi connectivity index (χ3n) is 4.76. The minimum atomic E-state index is 0.463. The summed E-state index contributed by atoms with van der Waals surface area (Å²) in [6, 6.07) is 11.4. The Hall–Kier alpha value is -0.860. The smallest absolute Gasteiger partial charge is 0.0358 e. The molecule has 1 aromatic carbocycles. The van der Waals surface area contributed by atoms with Crippen LogP contribution in [0.2, 0.25) is 0 Å². The molecule has 2 nitrogen and oxygen atoms in total. The average Bonchev–Trinajstić information content (AvgIpc) is 3.15. The van der Waals surface area contributed by atoms with E-state index in [0.717, 1.165) is 18.4 Å². The van der Waals surface area contributed by atoms with E-state index in [-0.39, 0.29) is 0 Å². The van der Waals surface area contributed by atoms with Crippen LogP contribution < -0.4 is 5.32 Å². The number of hydrogen-bond acceptors (Lipinski definition) is 2. The van der Waals surface area contributed by atoms with Crippen LogP contribution in [-0.4, -0.2) is 31.6 Å². The molecule has 0 aromatic heterocycles. The van der Waals surface area contributed by atoms with Crippen molar-refractivity contribution >= 4 is 0 Å². The first-order valence-corrected chi connectivity index (χ1v) is 8.58. The molecule has 118 valence electrons. The van der Waals surface area contributed by atoms with E-state index in [1.807, 2.05) is 0 Å². The fourth-order valence-corrected chi connectivity index (χ4v) is 3.33. The molecule has 1 aromatic rings. The van der Waals surface area contributed by atoms with Gasteiger partial charge in [-0.15, -0.1) is 0 Å². The summed E-state index contributed by atoms with van der Waals surface area (Å²) in [4.78, 5) is 2.53. The second-order valence-electron chi connectivity index (χ2n) is 7.01. The first kappa shape index (κ1) is 16.5. The predicted octanol–water partition coefficient (Wildman–Crippen LogP) is 3.95. The molecular formula is C19H32N2. The monoisotopic (exact) mass is 288 g/mol. The second kappa shape index (κ2) is 7.95. The lowest BCUT2D eigenvalue weighted by Crippen LogP contribution is -2.35. The van der Waals surface area contributed by atoms with E-state index < -0.39 is 0 Å². The lowest BCUT2D eigenvalue weighted by molar-refractivity contribution is 0.237. The molecular weight excluding hydrogens is 256 g/mol. The van der Waals surface area contributed by atoms with Crippen LogP contribution in [0.15, 0.2) is 30.3 Å². The number of benzene rings is 1. The molecule has 2 heteroatoms. The van der Waals surface area contributed by atoms with Crippen LogP contribution in [-0.2, 0) is 0 Å². The Balaban J connectivity index is 1.91. The van der Waals surface area contributed by atoms with E-state index in [9.17, 15) is 0 Å². The van der Waals surface area contributed by atoms with Crippen molar-refractivity contribution in [3.63, 3.8) is 0 Å². The highest BCUT2D eigenvalue weighted by atomic mass is 15.1. The van der Waals surface area contributed by atoms with Crippen molar-refractivity contribution in [3.8, 4) is 0 Å². The van der Waals surface area contributed by atoms with E-state index in [2.05, 4.69) is 68.4 Å². The molecule has 0 heterocycles. The largest absolute Gasteiger partial charge is 0.310 e. The van der Waals surface area contributed by atoms with E-state index in [1.165, 1.54) is 31.5 Å². The molecule has 1 saturated carbocycles. The van der Waals surface area contributed by atoms with Crippen molar-refractivity contribution in [2.75, 3.05) is 26.7 Å². The maximum absolute atomic E-state index is 3.74. The van der Waals surface area contributed by atoms with Gasteiger partial charge >= 0.3 is 0 Å². The van der Waals surface area contributed by atoms with E-state index >= 15 is 0 Å². The number of hydrogen-bond donors (Lipinski definition) is 1. The van der Waals surface area contributed by atoms with Crippen LogP contribution in [0.4, 0.5) is 0 Å². The highest BCUT2D eigenvalue weighted by Gasteiger charge is 2.33. The molecule has 4 atom stereocenters. The van der Waals surface area contributed by atoms with Gasteiger partial charge in [-0.05, 0) is 49.8 Å². The third-order valence-corrected chi connectivity index (χ3v) is 4.76. The number of nitrogens with zero attached hydrogens (tertiary/aromatic N) is 1. The summed E-state index contributed by atoms with van der Waals surface area (Å²) in [5.41, 5.74) is 1.42. The quantitative estimate of drug-likeness (QED) is 0.740. The van der Waals surface area contributed by atoms with Crippen molar-refractivity contribution in [2.24, 2.45) is 17.8 Å². The maximum Gasteiger partial charge on any atom is 0.0358 e. The molecule has 0 amide bonds. The Labute approximate surface area is 130 Å². The average molecular weight is 288 g/mol. The number of nitrogens with one attached hydrogen (secondary N) is 1. The molecule has 1 aliphatic rings. The Morgan fingerprint density at radius 1 is 1.29 bits per heavy atom. The van der Waals surface area contributed by atoms with Crippen LogP contribution in [0.3, 0.4) is 0 Å². The van der Waals surface area contributed by atoms with E-state index in [4.69, 9.17) is 0 Å². The summed E-state index contributed by atoms with van der Waals surface area (Å²) in [5.74, 6) is 2.52. The van der Waals surface area contributed by atoms with Gasteiger partial charge in [-0.1, -0.05) is 51.1 Å². The van der Waals surface area contributed by atoms with Crippen LogP contribution in [0.5, 0.6) is 0 Å². The molecule has 0 radical (unpaired) electrons. The second-order valence-corrected chi connectivity index (χ2v) is 7.01. The van der Waals surface area contributed by atoms with Gasteiger partial charge in [0.1, 0.15) is 0 Å². The van der Waals surface area contributed by atoms with Crippen molar-refractivity contribution in [1.29, 1.82) is 0 Å². The predicted molar refractivity (Wildman–Crippen MR) is 91.4 cm³/mol. The molecule has 4 unspecified atom stereocenters. The Morgan fingerprint density at radius 2 is 1.95 bits per heavy atom. The summed E-state index contributed by atoms with van der Waals surface area (Å²) >= 11 is 0. The van der Waals surface area contributed by atoms with Gasteiger partial charge in [-0.25, -0.2) is 0 Å². The molecule has 1 fully saturated rings. The van der Waals surface area contributed by atoms with Crippen molar-refractivity contribution in [1.82, 2.24) is 10.2 Å². The highest BCUT2D eigenvalue weighted by Crippen LogP contribution is 2.38. The normalized spacial score (nSPS) is 24.0. The van der Waals surface area contributed by atoms with Gasteiger partial charge in [0.2, 0.25) is 0 Å². The lowest BCUT2D eigenvalue weighted by atomic mass is 9.93. The molecule has 2 rings (SSSR count). The molecule has 0 spiro atoms. The molecule has 1 N–H and O–H groups in total. The standard InChI is InChI=1S/C19H32N2/c1-5-11-20-19(17-9-7-6-8-10-17)16(3)13-21(4)14-18-12-15(18)2/h6-10,15-16,18-20H,5,11-14H2,1-4H3. The minimum absolute atomic E-state index is 0.463. The van der Waals surface area contributed by atoms with Crippen LogP contribution in [0.1, 0.15) is 45.2 Å². The van der Waals surface area contributed by atoms with Gasteiger partial charge < -0.3 is 10.2 Å². The van der Waals surface area contributed by atoms with Gasteiger partial charge in [0.15, 0.2) is 0 Å². The SMILES string of the molecule is CCCNC(c1ccccc1)C(C)CN(C)CC1CC1C. The fourth-order valence-electron chi connectivity index (χ4n) is 3.33. The van der Waals surface area contributed by atoms with Crippen molar-refractivity contribution in [2.45, 2.75) is 39.7 Å². The summed E-state index contributed by atoms with van der Waals surface area (Å²) in [6.07, 6.45) is 2.61. The zero-order valence-electron chi connectivity index (χ0n) is 14.2. The summed E-state index contributed by atoms with van der Waals surface area (Å²) in [5, 5.41) is 3.74.